The van der Waals surface area contributed by atoms with Crippen LogP contribution < -0.4 is 0 Å². The summed E-state index contributed by atoms with van der Waals surface area (Å²) in [6.45, 7) is 0.717. The van der Waals surface area contributed by atoms with E-state index in [1.54, 1.807) is 10.9 Å². The first-order valence-corrected chi connectivity index (χ1v) is 3.91. The van der Waals surface area contributed by atoms with Crippen molar-refractivity contribution in [3.8, 4) is 0 Å². The van der Waals surface area contributed by atoms with Gasteiger partial charge < -0.3 is 5.11 Å². The third-order valence-electron chi connectivity index (χ3n) is 1.96. The van der Waals surface area contributed by atoms with Crippen LogP contribution in [0.2, 0.25) is 0 Å². The number of aliphatic hydroxyl groups excluding tert-OH is 1. The molecule has 1 saturated carbocycles. The molecule has 0 radical (unpaired) electrons. The van der Waals surface area contributed by atoms with Crippen molar-refractivity contribution < 1.29 is 5.11 Å². The number of aromatic nitrogens is 3. The highest BCUT2D eigenvalue weighted by molar-refractivity contribution is 5.10. The third-order valence-corrected chi connectivity index (χ3v) is 1.96. The van der Waals surface area contributed by atoms with Gasteiger partial charge in [0.1, 0.15) is 0 Å². The first kappa shape index (κ1) is 6.79. The lowest BCUT2D eigenvalue weighted by Gasteiger charge is -2.00. The highest BCUT2D eigenvalue weighted by atomic mass is 16.3. The van der Waals surface area contributed by atoms with E-state index >= 15 is 0 Å². The molecule has 0 aromatic carbocycles. The summed E-state index contributed by atoms with van der Waals surface area (Å²) >= 11 is 0. The molecule has 0 unspecified atom stereocenters. The lowest BCUT2D eigenvalue weighted by atomic mass is 10.3. The van der Waals surface area contributed by atoms with E-state index in [1.807, 2.05) is 0 Å². The fraction of sp³-hybridized carbons (Fsp3) is 0.714. The summed E-state index contributed by atoms with van der Waals surface area (Å²) in [6.07, 6.45) is 4.30. The van der Waals surface area contributed by atoms with Gasteiger partial charge in [0.15, 0.2) is 0 Å². The van der Waals surface area contributed by atoms with E-state index in [1.165, 1.54) is 18.5 Å². The van der Waals surface area contributed by atoms with Gasteiger partial charge in [-0.3, -0.25) is 0 Å². The van der Waals surface area contributed by atoms with Gasteiger partial charge in [-0.15, -0.1) is 5.10 Å². The summed E-state index contributed by atoms with van der Waals surface area (Å²) in [4.78, 5) is 0. The highest BCUT2D eigenvalue weighted by Crippen LogP contribution is 2.39. The second kappa shape index (κ2) is 2.62. The van der Waals surface area contributed by atoms with Crippen LogP contribution in [0.15, 0.2) is 6.20 Å². The molecule has 4 heteroatoms. The van der Waals surface area contributed by atoms with E-state index in [0.717, 1.165) is 0 Å². The van der Waals surface area contributed by atoms with Gasteiger partial charge in [-0.25, -0.2) is 4.68 Å². The Balaban J connectivity index is 2.16. The van der Waals surface area contributed by atoms with Crippen molar-refractivity contribution in [1.29, 1.82) is 0 Å². The fourth-order valence-corrected chi connectivity index (χ4v) is 1.23. The molecule has 4 nitrogen and oxygen atoms in total. The monoisotopic (exact) mass is 153 g/mol. The average Bonchev–Trinajstić information content (AvgIpc) is 2.75. The van der Waals surface area contributed by atoms with Gasteiger partial charge in [-0.2, -0.15) is 0 Å². The van der Waals surface area contributed by atoms with Crippen molar-refractivity contribution in [2.24, 2.45) is 0 Å². The van der Waals surface area contributed by atoms with Gasteiger partial charge in [0, 0.05) is 5.92 Å². The predicted molar refractivity (Wildman–Crippen MR) is 39.1 cm³/mol. The van der Waals surface area contributed by atoms with E-state index in [2.05, 4.69) is 10.3 Å². The van der Waals surface area contributed by atoms with Crippen LogP contribution in [0.5, 0.6) is 0 Å². The summed E-state index contributed by atoms with van der Waals surface area (Å²) in [5.74, 6) is 0.663. The van der Waals surface area contributed by atoms with Crippen molar-refractivity contribution >= 4 is 0 Å². The van der Waals surface area contributed by atoms with Gasteiger partial charge in [0.05, 0.1) is 25.0 Å². The molecule has 2 rings (SSSR count). The standard InChI is InChI=1S/C7H11N3O/c11-4-3-10-7(5-8-9-10)6-1-2-6/h5-6,11H,1-4H2. The zero-order valence-corrected chi connectivity index (χ0v) is 6.27. The predicted octanol–water partition coefficient (Wildman–Crippen LogP) is 0.148. The minimum absolute atomic E-state index is 0.142. The molecule has 1 fully saturated rings. The zero-order valence-electron chi connectivity index (χ0n) is 6.27. The summed E-state index contributed by atoms with van der Waals surface area (Å²) < 4.78 is 1.79. The molecular formula is C7H11N3O. The van der Waals surface area contributed by atoms with E-state index in [-0.39, 0.29) is 6.61 Å². The van der Waals surface area contributed by atoms with E-state index in [9.17, 15) is 0 Å². The molecule has 1 aromatic heterocycles. The minimum Gasteiger partial charge on any atom is -0.394 e. The van der Waals surface area contributed by atoms with Crippen molar-refractivity contribution in [3.05, 3.63) is 11.9 Å². The highest BCUT2D eigenvalue weighted by Gasteiger charge is 2.27. The third kappa shape index (κ3) is 1.26. The van der Waals surface area contributed by atoms with E-state index < -0.39 is 0 Å². The molecule has 0 bridgehead atoms. The van der Waals surface area contributed by atoms with E-state index in [4.69, 9.17) is 5.11 Å². The van der Waals surface area contributed by atoms with Crippen LogP contribution in [0.3, 0.4) is 0 Å². The molecule has 60 valence electrons. The summed E-state index contributed by atoms with van der Waals surface area (Å²) in [5, 5.41) is 16.4. The first-order chi connectivity index (χ1) is 5.42. The Kier molecular flexibility index (Phi) is 1.62. The Morgan fingerprint density at radius 2 is 2.45 bits per heavy atom. The quantitative estimate of drug-likeness (QED) is 0.672. The summed E-state index contributed by atoms with van der Waals surface area (Å²) in [7, 11) is 0. The molecule has 1 heterocycles. The first-order valence-electron chi connectivity index (χ1n) is 3.91. The second-order valence-corrected chi connectivity index (χ2v) is 2.88. The average molecular weight is 153 g/mol. The maximum absolute atomic E-state index is 8.68. The maximum Gasteiger partial charge on any atom is 0.0728 e. The van der Waals surface area contributed by atoms with Crippen LogP contribution >= 0.6 is 0 Å². The Labute approximate surface area is 64.8 Å². The van der Waals surface area contributed by atoms with Gasteiger partial charge in [-0.1, -0.05) is 5.21 Å². The largest absolute Gasteiger partial charge is 0.394 e. The number of rotatable bonds is 3. The summed E-state index contributed by atoms with van der Waals surface area (Å²) in [5.41, 5.74) is 1.18. The van der Waals surface area contributed by atoms with Crippen molar-refractivity contribution in [2.45, 2.75) is 25.3 Å². The van der Waals surface area contributed by atoms with Crippen LogP contribution in [0, 0.1) is 0 Å². The number of hydrogen-bond acceptors (Lipinski definition) is 3. The molecule has 1 aliphatic rings. The zero-order chi connectivity index (χ0) is 7.68. The van der Waals surface area contributed by atoms with Crippen LogP contribution in [0.4, 0.5) is 0 Å². The van der Waals surface area contributed by atoms with Gasteiger partial charge in [0.2, 0.25) is 0 Å². The lowest BCUT2D eigenvalue weighted by molar-refractivity contribution is 0.266. The van der Waals surface area contributed by atoms with Crippen LogP contribution in [-0.2, 0) is 6.54 Å². The maximum atomic E-state index is 8.68. The number of hydrogen-bond donors (Lipinski definition) is 1. The molecule has 11 heavy (non-hydrogen) atoms. The van der Waals surface area contributed by atoms with Crippen molar-refractivity contribution in [1.82, 2.24) is 15.0 Å². The van der Waals surface area contributed by atoms with Crippen molar-refractivity contribution in [2.75, 3.05) is 6.61 Å². The van der Waals surface area contributed by atoms with Gasteiger partial charge in [-0.05, 0) is 12.8 Å². The molecule has 0 amide bonds. The lowest BCUT2D eigenvalue weighted by Crippen LogP contribution is -2.07. The van der Waals surface area contributed by atoms with Gasteiger partial charge in [0.25, 0.3) is 0 Å². The molecule has 1 aromatic rings. The number of aliphatic hydroxyl groups is 1. The summed E-state index contributed by atoms with van der Waals surface area (Å²) in [6, 6.07) is 0. The SMILES string of the molecule is OCCn1nncc1C1CC1. The molecule has 0 spiro atoms. The van der Waals surface area contributed by atoms with E-state index in [0.29, 0.717) is 12.5 Å². The Morgan fingerprint density at radius 3 is 3.09 bits per heavy atom. The molecule has 0 aliphatic heterocycles. The second-order valence-electron chi connectivity index (χ2n) is 2.88. The van der Waals surface area contributed by atoms with Crippen LogP contribution in [0.1, 0.15) is 24.5 Å². The smallest absolute Gasteiger partial charge is 0.0728 e. The molecule has 0 atom stereocenters. The van der Waals surface area contributed by atoms with Gasteiger partial charge >= 0.3 is 0 Å². The minimum atomic E-state index is 0.142. The normalized spacial score (nSPS) is 17.2. The molecular weight excluding hydrogens is 142 g/mol. The Bertz CT molecular complexity index is 242. The topological polar surface area (TPSA) is 50.9 Å². The fourth-order valence-electron chi connectivity index (χ4n) is 1.23. The van der Waals surface area contributed by atoms with Crippen LogP contribution in [0.25, 0.3) is 0 Å². The molecule has 1 N–H and O–H groups in total. The van der Waals surface area contributed by atoms with Crippen molar-refractivity contribution in [3.63, 3.8) is 0 Å². The number of nitrogens with zero attached hydrogens (tertiary/aromatic N) is 3. The Morgan fingerprint density at radius 1 is 1.64 bits per heavy atom. The Hall–Kier alpha value is -0.900. The molecule has 1 aliphatic carbocycles. The van der Waals surface area contributed by atoms with Crippen LogP contribution in [-0.4, -0.2) is 26.7 Å². The molecule has 0 saturated heterocycles.